The molecule has 3 rings (SSSR count). The molecule has 5 heteroatoms. The van der Waals surface area contributed by atoms with E-state index in [-0.39, 0.29) is 0 Å². The van der Waals surface area contributed by atoms with Crippen LogP contribution in [0.3, 0.4) is 0 Å². The summed E-state index contributed by atoms with van der Waals surface area (Å²) in [6.07, 6.45) is 0. The van der Waals surface area contributed by atoms with Crippen LogP contribution in [0.2, 0.25) is 0 Å². The van der Waals surface area contributed by atoms with Crippen molar-refractivity contribution in [3.05, 3.63) is 69.1 Å². The molecule has 2 aromatic carbocycles. The molecule has 0 unspecified atom stereocenters. The first-order valence-corrected chi connectivity index (χ1v) is 8.05. The lowest BCUT2D eigenvalue weighted by Gasteiger charge is -2.06. The number of hydrogen-bond donors (Lipinski definition) is 1. The summed E-state index contributed by atoms with van der Waals surface area (Å²) in [5.74, 6) is 0.656. The van der Waals surface area contributed by atoms with Gasteiger partial charge in [0.25, 0.3) is 0 Å². The Morgan fingerprint density at radius 2 is 1.71 bits per heavy atom. The second-order valence-corrected chi connectivity index (χ2v) is 6.48. The second kappa shape index (κ2) is 6.03. The van der Waals surface area contributed by atoms with E-state index in [1.54, 1.807) is 0 Å². The Morgan fingerprint density at radius 3 is 2.43 bits per heavy atom. The van der Waals surface area contributed by atoms with Crippen molar-refractivity contribution in [2.24, 2.45) is 0 Å². The molecule has 0 saturated heterocycles. The molecule has 0 aliphatic rings. The molecule has 21 heavy (non-hydrogen) atoms. The first-order chi connectivity index (χ1) is 10.1. The van der Waals surface area contributed by atoms with Gasteiger partial charge < -0.3 is 5.73 Å². The average molecular weight is 407 g/mol. The fourth-order valence-electron chi connectivity index (χ4n) is 2.11. The summed E-state index contributed by atoms with van der Waals surface area (Å²) in [5, 5.41) is 4.60. The van der Waals surface area contributed by atoms with Crippen LogP contribution in [0.15, 0.2) is 63.5 Å². The zero-order valence-electron chi connectivity index (χ0n) is 11.1. The van der Waals surface area contributed by atoms with Gasteiger partial charge in [-0.1, -0.05) is 62.2 Å². The molecule has 0 radical (unpaired) electrons. The Kier molecular flexibility index (Phi) is 4.12. The molecular weight excluding hydrogens is 394 g/mol. The van der Waals surface area contributed by atoms with E-state index in [1.165, 1.54) is 0 Å². The smallest absolute Gasteiger partial charge is 0.122 e. The highest BCUT2D eigenvalue weighted by Gasteiger charge is 2.09. The first kappa shape index (κ1) is 14.4. The van der Waals surface area contributed by atoms with E-state index in [1.807, 2.05) is 53.2 Å². The topological polar surface area (TPSA) is 43.8 Å². The van der Waals surface area contributed by atoms with Crippen LogP contribution in [0.5, 0.6) is 0 Å². The Labute approximate surface area is 140 Å². The highest BCUT2D eigenvalue weighted by atomic mass is 79.9. The van der Waals surface area contributed by atoms with Crippen molar-refractivity contribution >= 4 is 37.7 Å². The number of nitrogens with two attached hydrogens (primary N) is 1. The molecule has 0 aliphatic heterocycles. The lowest BCUT2D eigenvalue weighted by molar-refractivity contribution is 0.698. The summed E-state index contributed by atoms with van der Waals surface area (Å²) in [6.45, 7) is 0.643. The van der Waals surface area contributed by atoms with Gasteiger partial charge in [-0.05, 0) is 23.8 Å². The van der Waals surface area contributed by atoms with Gasteiger partial charge in [0.05, 0.1) is 12.2 Å². The number of halogens is 2. The van der Waals surface area contributed by atoms with Gasteiger partial charge in [-0.15, -0.1) is 0 Å². The van der Waals surface area contributed by atoms with E-state index in [0.717, 1.165) is 25.8 Å². The number of anilines is 1. The van der Waals surface area contributed by atoms with Gasteiger partial charge >= 0.3 is 0 Å². The van der Waals surface area contributed by atoms with E-state index in [0.29, 0.717) is 12.4 Å². The predicted molar refractivity (Wildman–Crippen MR) is 93.0 cm³/mol. The number of benzene rings is 2. The van der Waals surface area contributed by atoms with Crippen LogP contribution in [-0.4, -0.2) is 9.78 Å². The summed E-state index contributed by atoms with van der Waals surface area (Å²) in [5.41, 5.74) is 9.16. The van der Waals surface area contributed by atoms with E-state index in [9.17, 15) is 0 Å². The van der Waals surface area contributed by atoms with Crippen molar-refractivity contribution in [2.45, 2.75) is 6.54 Å². The number of nitrogen functional groups attached to an aromatic ring is 1. The van der Waals surface area contributed by atoms with Crippen LogP contribution < -0.4 is 5.73 Å². The molecule has 0 aliphatic carbocycles. The van der Waals surface area contributed by atoms with Crippen molar-refractivity contribution in [1.29, 1.82) is 0 Å². The summed E-state index contributed by atoms with van der Waals surface area (Å²) >= 11 is 6.99. The lowest BCUT2D eigenvalue weighted by Crippen LogP contribution is -2.06. The van der Waals surface area contributed by atoms with Gasteiger partial charge in [-0.2, -0.15) is 5.10 Å². The van der Waals surface area contributed by atoms with Crippen molar-refractivity contribution in [1.82, 2.24) is 9.78 Å². The highest BCUT2D eigenvalue weighted by Crippen LogP contribution is 2.24. The van der Waals surface area contributed by atoms with Crippen molar-refractivity contribution in [3.8, 4) is 11.3 Å². The zero-order valence-corrected chi connectivity index (χ0v) is 14.3. The second-order valence-electron chi connectivity index (χ2n) is 4.71. The minimum absolute atomic E-state index is 0.643. The molecule has 0 bridgehead atoms. The third-order valence-corrected chi connectivity index (χ3v) is 4.53. The largest absolute Gasteiger partial charge is 0.384 e. The van der Waals surface area contributed by atoms with E-state index in [2.05, 4.69) is 43.0 Å². The molecule has 2 N–H and O–H groups in total. The SMILES string of the molecule is Nc1cc(-c2ccc(Br)cc2)nn1Cc1ccccc1Br. The molecule has 1 aromatic heterocycles. The minimum Gasteiger partial charge on any atom is -0.384 e. The number of aromatic nitrogens is 2. The molecule has 3 nitrogen and oxygen atoms in total. The fraction of sp³-hybridized carbons (Fsp3) is 0.0625. The van der Waals surface area contributed by atoms with Gasteiger partial charge in [-0.3, -0.25) is 0 Å². The summed E-state index contributed by atoms with van der Waals surface area (Å²) in [7, 11) is 0. The van der Waals surface area contributed by atoms with Gasteiger partial charge in [0, 0.05) is 20.6 Å². The maximum absolute atomic E-state index is 6.08. The van der Waals surface area contributed by atoms with Crippen LogP contribution >= 0.6 is 31.9 Å². The maximum atomic E-state index is 6.08. The third kappa shape index (κ3) is 3.19. The molecule has 0 atom stereocenters. The predicted octanol–water partition coefficient (Wildman–Crippen LogP) is 4.71. The van der Waals surface area contributed by atoms with Crippen molar-refractivity contribution in [2.75, 3.05) is 5.73 Å². The molecule has 0 spiro atoms. The fourth-order valence-corrected chi connectivity index (χ4v) is 2.78. The monoisotopic (exact) mass is 405 g/mol. The van der Waals surface area contributed by atoms with Crippen LogP contribution in [0, 0.1) is 0 Å². The molecule has 0 amide bonds. The maximum Gasteiger partial charge on any atom is 0.122 e. The van der Waals surface area contributed by atoms with Gasteiger partial charge in [0.15, 0.2) is 0 Å². The Hall–Kier alpha value is -1.59. The van der Waals surface area contributed by atoms with Crippen LogP contribution in [0.25, 0.3) is 11.3 Å². The zero-order chi connectivity index (χ0) is 14.8. The van der Waals surface area contributed by atoms with Crippen LogP contribution in [0.4, 0.5) is 5.82 Å². The number of rotatable bonds is 3. The van der Waals surface area contributed by atoms with E-state index in [4.69, 9.17) is 5.73 Å². The molecule has 1 heterocycles. The quantitative estimate of drug-likeness (QED) is 0.684. The summed E-state index contributed by atoms with van der Waals surface area (Å²) < 4.78 is 3.93. The van der Waals surface area contributed by atoms with Crippen molar-refractivity contribution in [3.63, 3.8) is 0 Å². The molecule has 106 valence electrons. The lowest BCUT2D eigenvalue weighted by atomic mass is 10.2. The summed E-state index contributed by atoms with van der Waals surface area (Å²) in [6, 6.07) is 18.0. The van der Waals surface area contributed by atoms with Crippen LogP contribution in [0.1, 0.15) is 5.56 Å². The molecular formula is C16H13Br2N3. The van der Waals surface area contributed by atoms with Gasteiger partial charge in [0.2, 0.25) is 0 Å². The average Bonchev–Trinajstić information content (AvgIpc) is 2.83. The Bertz CT molecular complexity index is 763. The number of nitrogens with zero attached hydrogens (tertiary/aromatic N) is 2. The number of hydrogen-bond acceptors (Lipinski definition) is 2. The third-order valence-electron chi connectivity index (χ3n) is 3.23. The highest BCUT2D eigenvalue weighted by molar-refractivity contribution is 9.10. The van der Waals surface area contributed by atoms with E-state index >= 15 is 0 Å². The Balaban J connectivity index is 1.91. The van der Waals surface area contributed by atoms with Crippen LogP contribution in [-0.2, 0) is 6.54 Å². The van der Waals surface area contributed by atoms with Crippen molar-refractivity contribution < 1.29 is 0 Å². The molecule has 3 aromatic rings. The molecule has 0 saturated carbocycles. The van der Waals surface area contributed by atoms with Gasteiger partial charge in [-0.25, -0.2) is 4.68 Å². The summed E-state index contributed by atoms with van der Waals surface area (Å²) in [4.78, 5) is 0. The standard InChI is InChI=1S/C16H13Br2N3/c17-13-7-5-11(6-8-13)15-9-16(19)21(20-15)10-12-3-1-2-4-14(12)18/h1-9H,10,19H2. The minimum atomic E-state index is 0.643. The van der Waals surface area contributed by atoms with Gasteiger partial charge in [0.1, 0.15) is 5.82 Å². The van der Waals surface area contributed by atoms with E-state index < -0.39 is 0 Å². The Morgan fingerprint density at radius 1 is 1.00 bits per heavy atom. The normalized spacial score (nSPS) is 10.8. The molecule has 0 fully saturated rings. The first-order valence-electron chi connectivity index (χ1n) is 6.46.